The molecule has 0 aromatic rings. The van der Waals surface area contributed by atoms with Crippen molar-refractivity contribution in [1.82, 2.24) is 4.90 Å². The van der Waals surface area contributed by atoms with E-state index in [0.717, 1.165) is 12.8 Å². The second-order valence-corrected chi connectivity index (χ2v) is 6.48. The molecule has 0 N–H and O–H groups in total. The molecule has 0 aromatic heterocycles. The lowest BCUT2D eigenvalue weighted by molar-refractivity contribution is -0.251. The zero-order valence-electron chi connectivity index (χ0n) is 11.0. The molecule has 4 fully saturated rings. The molecule has 3 atom stereocenters. The van der Waals surface area contributed by atoms with Crippen LogP contribution in [0.2, 0.25) is 0 Å². The number of rotatable bonds is 0. The third-order valence-electron chi connectivity index (χ3n) is 5.95. The van der Waals surface area contributed by atoms with E-state index in [2.05, 4.69) is 0 Å². The fourth-order valence-corrected chi connectivity index (χ4v) is 4.97. The third kappa shape index (κ3) is 0.904. The molecule has 0 bridgehead atoms. The lowest BCUT2D eigenvalue weighted by Crippen LogP contribution is -2.74. The predicted octanol–water partition coefficient (Wildman–Crippen LogP) is 0.806. The Balaban J connectivity index is 1.94. The quantitative estimate of drug-likeness (QED) is 0.479. The molecule has 1 unspecified atom stereocenters. The third-order valence-corrected chi connectivity index (χ3v) is 5.95. The number of Topliss-reactive ketones (excluding diaryl/α,β-unsaturated/α-hetero) is 1. The average Bonchev–Trinajstić information content (AvgIpc) is 2.81. The fraction of sp³-hybridized carbons (Fsp3) is 0.786. The highest BCUT2D eigenvalue weighted by Gasteiger charge is 2.84. The second-order valence-electron chi connectivity index (χ2n) is 6.48. The van der Waals surface area contributed by atoms with Crippen LogP contribution in [0.4, 0.5) is 0 Å². The van der Waals surface area contributed by atoms with Crippen molar-refractivity contribution in [2.45, 2.75) is 56.6 Å². The lowest BCUT2D eigenvalue weighted by atomic mass is 9.62. The highest BCUT2D eigenvalue weighted by atomic mass is 16.6. The second kappa shape index (κ2) is 3.02. The maximum absolute atomic E-state index is 12.4. The summed E-state index contributed by atoms with van der Waals surface area (Å²) in [6.45, 7) is 2.42. The molecule has 3 heterocycles. The Morgan fingerprint density at radius 2 is 1.95 bits per heavy atom. The first-order chi connectivity index (χ1) is 8.98. The van der Waals surface area contributed by atoms with E-state index in [-0.39, 0.29) is 11.7 Å². The molecule has 1 amide bonds. The van der Waals surface area contributed by atoms with Gasteiger partial charge in [0.1, 0.15) is 0 Å². The van der Waals surface area contributed by atoms with Gasteiger partial charge >= 0.3 is 5.97 Å². The first kappa shape index (κ1) is 11.4. The number of hydrogen-bond acceptors (Lipinski definition) is 4. The van der Waals surface area contributed by atoms with Crippen molar-refractivity contribution >= 4 is 17.7 Å². The highest BCUT2D eigenvalue weighted by Crippen LogP contribution is 2.67. The summed E-state index contributed by atoms with van der Waals surface area (Å²) in [5, 5.41) is 0. The van der Waals surface area contributed by atoms with Gasteiger partial charge in [-0.25, -0.2) is 0 Å². The molecule has 5 heteroatoms. The maximum atomic E-state index is 12.4. The summed E-state index contributed by atoms with van der Waals surface area (Å²) < 4.78 is 5.61. The van der Waals surface area contributed by atoms with Crippen LogP contribution in [0, 0.1) is 5.41 Å². The van der Waals surface area contributed by atoms with Gasteiger partial charge in [0.25, 0.3) is 0 Å². The van der Waals surface area contributed by atoms with Gasteiger partial charge in [-0.1, -0.05) is 0 Å². The zero-order valence-corrected chi connectivity index (χ0v) is 11.0. The van der Waals surface area contributed by atoms with E-state index in [1.54, 1.807) is 6.92 Å². The van der Waals surface area contributed by atoms with Gasteiger partial charge in [-0.15, -0.1) is 0 Å². The summed E-state index contributed by atoms with van der Waals surface area (Å²) in [5.41, 5.74) is -2.29. The first-order valence-corrected chi connectivity index (χ1v) is 7.05. The van der Waals surface area contributed by atoms with Gasteiger partial charge in [0.15, 0.2) is 16.8 Å². The highest BCUT2D eigenvalue weighted by molar-refractivity contribution is 6.12. The number of ketones is 1. The fourth-order valence-electron chi connectivity index (χ4n) is 4.97. The molecule has 2 spiro atoms. The van der Waals surface area contributed by atoms with Crippen molar-refractivity contribution in [2.24, 2.45) is 5.41 Å². The Morgan fingerprint density at radius 1 is 1.16 bits per heavy atom. The molecule has 1 saturated carbocycles. The Hall–Kier alpha value is -1.39. The molecule has 102 valence electrons. The number of hydrogen-bond donors (Lipinski definition) is 0. The lowest BCUT2D eigenvalue weighted by Gasteiger charge is -2.57. The normalized spacial score (nSPS) is 48.1. The minimum atomic E-state index is -1.01. The number of nitrogens with zero attached hydrogens (tertiary/aromatic N) is 1. The van der Waals surface area contributed by atoms with Crippen LogP contribution in [0.25, 0.3) is 0 Å². The van der Waals surface area contributed by atoms with E-state index < -0.39 is 22.5 Å². The maximum Gasteiger partial charge on any atom is 0.324 e. The SMILES string of the molecule is CC12C(=O)C[C@@]34CCCN3C(=O)CCC[C@@]14OC2=O. The predicted molar refractivity (Wildman–Crippen MR) is 64.1 cm³/mol. The van der Waals surface area contributed by atoms with Crippen molar-refractivity contribution in [1.29, 1.82) is 0 Å². The first-order valence-electron chi connectivity index (χ1n) is 7.05. The molecule has 5 nitrogen and oxygen atoms in total. The molecule has 0 aromatic carbocycles. The van der Waals surface area contributed by atoms with E-state index in [1.807, 2.05) is 4.90 Å². The van der Waals surface area contributed by atoms with Crippen molar-refractivity contribution in [3.8, 4) is 0 Å². The molecule has 0 radical (unpaired) electrons. The van der Waals surface area contributed by atoms with Gasteiger partial charge in [0.05, 0.1) is 5.54 Å². The van der Waals surface area contributed by atoms with Gasteiger partial charge < -0.3 is 9.64 Å². The van der Waals surface area contributed by atoms with Gasteiger partial charge in [0.2, 0.25) is 5.91 Å². The number of amides is 1. The minimum absolute atomic E-state index is 0.0367. The smallest absolute Gasteiger partial charge is 0.324 e. The topological polar surface area (TPSA) is 63.7 Å². The number of carbonyl (C=O) groups excluding carboxylic acids is 3. The standard InChI is InChI=1S/C14H17NO4/c1-12-9(16)8-13-5-3-7-15(13)10(17)4-2-6-14(12,13)19-11(12)18/h2-8H2,1H3/t12?,13-,14-/m1/s1. The van der Waals surface area contributed by atoms with Crippen molar-refractivity contribution in [3.05, 3.63) is 0 Å². The van der Waals surface area contributed by atoms with E-state index in [4.69, 9.17) is 4.74 Å². The van der Waals surface area contributed by atoms with Crippen LogP contribution >= 0.6 is 0 Å². The van der Waals surface area contributed by atoms with Crippen LogP contribution in [0.15, 0.2) is 0 Å². The van der Waals surface area contributed by atoms with Gasteiger partial charge in [-0.2, -0.15) is 0 Å². The van der Waals surface area contributed by atoms with Gasteiger partial charge in [-0.05, 0) is 32.6 Å². The van der Waals surface area contributed by atoms with E-state index in [1.165, 1.54) is 0 Å². The number of esters is 1. The van der Waals surface area contributed by atoms with Crippen LogP contribution in [0.5, 0.6) is 0 Å². The van der Waals surface area contributed by atoms with Crippen molar-refractivity contribution < 1.29 is 19.1 Å². The minimum Gasteiger partial charge on any atom is -0.454 e. The Bertz CT molecular complexity index is 530. The molecular formula is C14H17NO4. The van der Waals surface area contributed by atoms with E-state index >= 15 is 0 Å². The van der Waals surface area contributed by atoms with Crippen LogP contribution in [-0.2, 0) is 19.1 Å². The van der Waals surface area contributed by atoms with E-state index in [0.29, 0.717) is 32.2 Å². The summed E-state index contributed by atoms with van der Waals surface area (Å²) in [5.74, 6) is -0.310. The molecule has 3 aliphatic heterocycles. The number of carbonyl (C=O) groups is 3. The Kier molecular flexibility index (Phi) is 1.82. The average molecular weight is 263 g/mol. The van der Waals surface area contributed by atoms with Crippen LogP contribution in [0.1, 0.15) is 45.4 Å². The molecular weight excluding hydrogens is 246 g/mol. The molecule has 1 aliphatic carbocycles. The Morgan fingerprint density at radius 3 is 2.68 bits per heavy atom. The monoisotopic (exact) mass is 263 g/mol. The largest absolute Gasteiger partial charge is 0.454 e. The van der Waals surface area contributed by atoms with Crippen LogP contribution < -0.4 is 0 Å². The summed E-state index contributed by atoms with van der Waals surface area (Å²) in [7, 11) is 0. The van der Waals surface area contributed by atoms with Crippen LogP contribution in [-0.4, -0.2) is 40.2 Å². The number of ether oxygens (including phenoxy) is 1. The van der Waals surface area contributed by atoms with Crippen molar-refractivity contribution in [3.63, 3.8) is 0 Å². The molecule has 4 aliphatic rings. The van der Waals surface area contributed by atoms with E-state index in [9.17, 15) is 14.4 Å². The molecule has 19 heavy (non-hydrogen) atoms. The zero-order chi connectivity index (χ0) is 13.5. The summed E-state index contributed by atoms with van der Waals surface area (Å²) in [6, 6.07) is 0. The van der Waals surface area contributed by atoms with Gasteiger partial charge in [-0.3, -0.25) is 14.4 Å². The van der Waals surface area contributed by atoms with Gasteiger partial charge in [0, 0.05) is 19.4 Å². The molecule has 3 saturated heterocycles. The van der Waals surface area contributed by atoms with Crippen LogP contribution in [0.3, 0.4) is 0 Å². The van der Waals surface area contributed by atoms with Crippen molar-refractivity contribution in [2.75, 3.05) is 6.54 Å². The summed E-state index contributed by atoms with van der Waals surface area (Å²) >= 11 is 0. The summed E-state index contributed by atoms with van der Waals surface area (Å²) in [4.78, 5) is 38.5. The Labute approximate surface area is 111 Å². The molecule has 4 rings (SSSR count). The summed E-state index contributed by atoms with van der Waals surface area (Å²) in [6.07, 6.45) is 3.82.